The highest BCUT2D eigenvalue weighted by Gasteiger charge is 2.50. The first-order chi connectivity index (χ1) is 18.5. The maximum absolute atomic E-state index is 13.8. The number of Topliss-reactive ketones (excluding diaryl/α,β-unsaturated/α-hetero) is 2. The number of carbonyl (C=O) groups excluding carboxylic acids is 4. The molecule has 3 aliphatic rings. The van der Waals surface area contributed by atoms with Crippen molar-refractivity contribution in [3.05, 3.63) is 88.0 Å². The van der Waals surface area contributed by atoms with Crippen LogP contribution in [0.3, 0.4) is 0 Å². The smallest absolute Gasteiger partial charge is 0.265 e. The first kappa shape index (κ1) is 24.8. The molecule has 0 spiro atoms. The van der Waals surface area contributed by atoms with Gasteiger partial charge in [-0.1, -0.05) is 82.3 Å². The number of amides is 2. The number of nitrogens with zero attached hydrogens (tertiary/aromatic N) is 1. The van der Waals surface area contributed by atoms with E-state index in [0.717, 1.165) is 11.1 Å². The zero-order chi connectivity index (χ0) is 27.9. The Bertz CT molecular complexity index is 1600. The van der Waals surface area contributed by atoms with Gasteiger partial charge in [-0.2, -0.15) is 0 Å². The summed E-state index contributed by atoms with van der Waals surface area (Å²) in [5, 5.41) is 22.5. The molecule has 39 heavy (non-hydrogen) atoms. The number of benzene rings is 3. The van der Waals surface area contributed by atoms with Crippen LogP contribution in [-0.2, 0) is 9.59 Å². The molecule has 0 saturated carbocycles. The number of phenolic OH excluding ortho intramolecular Hbond substituents is 2. The van der Waals surface area contributed by atoms with E-state index in [1.54, 1.807) is 24.3 Å². The van der Waals surface area contributed by atoms with E-state index in [9.17, 15) is 29.4 Å². The molecule has 3 aromatic rings. The molecular weight excluding hydrogens is 494 g/mol. The number of phenols is 2. The summed E-state index contributed by atoms with van der Waals surface area (Å²) in [5.41, 5.74) is 1.87. The van der Waals surface area contributed by atoms with Crippen molar-refractivity contribution in [2.24, 2.45) is 11.8 Å². The Balaban J connectivity index is 1.53. The SMILES string of the molecule is CC(C)c1cccc(C(C)C)c1N1C(=O)C2=CC3C(=O)c4c(c(O)c5ccccc5c4O)C(=O)C3C=C2C1=O. The fourth-order valence-corrected chi connectivity index (χ4v) is 6.12. The Hall–Kier alpha value is -4.52. The number of hydrogen-bond donors (Lipinski definition) is 2. The largest absolute Gasteiger partial charge is 0.507 e. The summed E-state index contributed by atoms with van der Waals surface area (Å²) in [6, 6.07) is 12.1. The summed E-state index contributed by atoms with van der Waals surface area (Å²) in [6.45, 7) is 7.97. The molecule has 7 heteroatoms. The van der Waals surface area contributed by atoms with Crippen LogP contribution in [0.2, 0.25) is 0 Å². The van der Waals surface area contributed by atoms with Gasteiger partial charge in [0, 0.05) is 21.9 Å². The molecule has 2 unspecified atom stereocenters. The Labute approximate surface area is 225 Å². The summed E-state index contributed by atoms with van der Waals surface area (Å²) in [4.78, 5) is 56.2. The molecule has 1 heterocycles. The minimum Gasteiger partial charge on any atom is -0.507 e. The van der Waals surface area contributed by atoms with Crippen LogP contribution in [0.4, 0.5) is 5.69 Å². The molecule has 2 aliphatic carbocycles. The molecule has 7 nitrogen and oxygen atoms in total. The predicted octanol–water partition coefficient (Wildman–Crippen LogP) is 5.55. The molecule has 2 atom stereocenters. The van der Waals surface area contributed by atoms with Crippen molar-refractivity contribution < 1.29 is 29.4 Å². The molecule has 3 aromatic carbocycles. The highest BCUT2D eigenvalue weighted by molar-refractivity contribution is 6.38. The fraction of sp³-hybridized carbons (Fsp3) is 0.250. The van der Waals surface area contributed by atoms with Crippen molar-refractivity contribution in [3.8, 4) is 11.5 Å². The van der Waals surface area contributed by atoms with E-state index in [0.29, 0.717) is 5.69 Å². The molecule has 6 rings (SSSR count). The van der Waals surface area contributed by atoms with Gasteiger partial charge >= 0.3 is 0 Å². The second kappa shape index (κ2) is 8.50. The molecule has 1 saturated heterocycles. The maximum Gasteiger partial charge on any atom is 0.265 e. The Kier molecular flexibility index (Phi) is 5.40. The van der Waals surface area contributed by atoms with E-state index < -0.39 is 35.2 Å². The van der Waals surface area contributed by atoms with Gasteiger partial charge in [-0.15, -0.1) is 0 Å². The average Bonchev–Trinajstić information content (AvgIpc) is 3.16. The molecule has 2 N–H and O–H groups in total. The first-order valence-electron chi connectivity index (χ1n) is 13.0. The van der Waals surface area contributed by atoms with E-state index in [4.69, 9.17) is 0 Å². The second-order valence-corrected chi connectivity index (χ2v) is 11.0. The standard InChI is InChI=1S/C32H27NO6/c1-14(2)16-10-7-11-17(15(3)4)26(16)33-31(38)22-12-20-21(13-23(22)32(33)39)30(37)25-24(29(20)36)27(34)18-8-5-6-9-19(18)28(25)35/h5-15,20-21,34-35H,1-4H3. The summed E-state index contributed by atoms with van der Waals surface area (Å²) >= 11 is 0. The van der Waals surface area contributed by atoms with Gasteiger partial charge in [-0.25, -0.2) is 4.90 Å². The van der Waals surface area contributed by atoms with Gasteiger partial charge in [0.1, 0.15) is 11.5 Å². The Morgan fingerprint density at radius 3 is 1.44 bits per heavy atom. The third-order valence-electron chi connectivity index (χ3n) is 8.06. The molecule has 0 radical (unpaired) electrons. The van der Waals surface area contributed by atoms with Crippen LogP contribution in [0.25, 0.3) is 10.8 Å². The van der Waals surface area contributed by atoms with E-state index in [1.165, 1.54) is 17.1 Å². The highest BCUT2D eigenvalue weighted by atomic mass is 16.3. The van der Waals surface area contributed by atoms with Crippen molar-refractivity contribution >= 4 is 39.8 Å². The second-order valence-electron chi connectivity index (χ2n) is 11.0. The minimum absolute atomic E-state index is 0.0326. The summed E-state index contributed by atoms with van der Waals surface area (Å²) in [6.07, 6.45) is 2.78. The van der Waals surface area contributed by atoms with Crippen LogP contribution < -0.4 is 4.90 Å². The monoisotopic (exact) mass is 521 g/mol. The lowest BCUT2D eigenvalue weighted by molar-refractivity contribution is -0.119. The number of fused-ring (bicyclic) bond motifs is 4. The molecule has 2 amide bonds. The number of allylic oxidation sites excluding steroid dienone is 2. The Morgan fingerprint density at radius 2 is 1.05 bits per heavy atom. The van der Waals surface area contributed by atoms with Gasteiger partial charge in [0.25, 0.3) is 11.8 Å². The average molecular weight is 522 g/mol. The van der Waals surface area contributed by atoms with Crippen molar-refractivity contribution in [3.63, 3.8) is 0 Å². The number of hydrogen-bond acceptors (Lipinski definition) is 6. The molecule has 1 fully saturated rings. The zero-order valence-electron chi connectivity index (χ0n) is 22.0. The quantitative estimate of drug-likeness (QED) is 0.345. The molecular formula is C32H27NO6. The lowest BCUT2D eigenvalue weighted by Gasteiger charge is -2.31. The Morgan fingerprint density at radius 1 is 0.641 bits per heavy atom. The molecule has 1 aliphatic heterocycles. The minimum atomic E-state index is -1.09. The van der Waals surface area contributed by atoms with Gasteiger partial charge in [-0.05, 0) is 23.0 Å². The van der Waals surface area contributed by atoms with Gasteiger partial charge < -0.3 is 10.2 Å². The van der Waals surface area contributed by atoms with Gasteiger partial charge in [-0.3, -0.25) is 19.2 Å². The molecule has 196 valence electrons. The summed E-state index contributed by atoms with van der Waals surface area (Å²) in [7, 11) is 0. The number of rotatable bonds is 3. The van der Waals surface area contributed by atoms with Crippen LogP contribution >= 0.6 is 0 Å². The number of imide groups is 1. The van der Waals surface area contributed by atoms with Crippen molar-refractivity contribution in [1.82, 2.24) is 0 Å². The van der Waals surface area contributed by atoms with E-state index in [1.807, 2.05) is 45.9 Å². The van der Waals surface area contributed by atoms with Crippen LogP contribution in [0.5, 0.6) is 11.5 Å². The van der Waals surface area contributed by atoms with Gasteiger partial charge in [0.15, 0.2) is 11.6 Å². The number of aromatic hydroxyl groups is 2. The molecule has 0 aromatic heterocycles. The number of carbonyl (C=O) groups is 4. The maximum atomic E-state index is 13.8. The van der Waals surface area contributed by atoms with Crippen LogP contribution in [0, 0.1) is 11.8 Å². The van der Waals surface area contributed by atoms with Crippen molar-refractivity contribution in [2.75, 3.05) is 4.90 Å². The molecule has 0 bridgehead atoms. The predicted molar refractivity (Wildman–Crippen MR) is 146 cm³/mol. The lowest BCUT2D eigenvalue weighted by Crippen LogP contribution is -2.37. The normalized spacial score (nSPS) is 20.4. The topological polar surface area (TPSA) is 112 Å². The van der Waals surface area contributed by atoms with Gasteiger partial charge in [0.05, 0.1) is 28.7 Å². The van der Waals surface area contributed by atoms with E-state index in [2.05, 4.69) is 0 Å². The number of ketones is 2. The third kappa shape index (κ3) is 3.29. The fourth-order valence-electron chi connectivity index (χ4n) is 6.12. The third-order valence-corrected chi connectivity index (χ3v) is 8.06. The lowest BCUT2D eigenvalue weighted by atomic mass is 9.69. The summed E-state index contributed by atoms with van der Waals surface area (Å²) < 4.78 is 0. The number of anilines is 1. The zero-order valence-corrected chi connectivity index (χ0v) is 22.0. The van der Waals surface area contributed by atoms with Crippen LogP contribution in [-0.4, -0.2) is 33.6 Å². The van der Waals surface area contributed by atoms with Crippen molar-refractivity contribution in [2.45, 2.75) is 39.5 Å². The van der Waals surface area contributed by atoms with Gasteiger partial charge in [0.2, 0.25) is 0 Å². The summed E-state index contributed by atoms with van der Waals surface area (Å²) in [5.74, 6) is -5.13. The van der Waals surface area contributed by atoms with E-state index >= 15 is 0 Å². The highest BCUT2D eigenvalue weighted by Crippen LogP contribution is 2.49. The van der Waals surface area contributed by atoms with Crippen LogP contribution in [0.1, 0.15) is 71.4 Å². The number of para-hydroxylation sites is 1. The van der Waals surface area contributed by atoms with E-state index in [-0.39, 0.29) is 56.4 Å². The van der Waals surface area contributed by atoms with Crippen LogP contribution in [0.15, 0.2) is 65.8 Å². The van der Waals surface area contributed by atoms with Crippen molar-refractivity contribution in [1.29, 1.82) is 0 Å². The first-order valence-corrected chi connectivity index (χ1v) is 13.0.